The van der Waals surface area contributed by atoms with E-state index in [0.29, 0.717) is 29.9 Å². The lowest BCUT2D eigenvalue weighted by atomic mass is 9.86. The molecule has 0 aliphatic carbocycles. The molecule has 1 unspecified atom stereocenters. The van der Waals surface area contributed by atoms with Crippen molar-refractivity contribution in [1.82, 2.24) is 0 Å². The third-order valence-corrected chi connectivity index (χ3v) is 5.76. The summed E-state index contributed by atoms with van der Waals surface area (Å²) in [6.45, 7) is 4.91. The summed E-state index contributed by atoms with van der Waals surface area (Å²) in [7, 11) is 0. The third kappa shape index (κ3) is 3.19. The second-order valence-corrected chi connectivity index (χ2v) is 8.27. The number of fused-ring (bicyclic) bond motifs is 1. The largest absolute Gasteiger partial charge is 0.312 e. The number of nitrogens with zero attached hydrogens (tertiary/aromatic N) is 3. The molecule has 0 radical (unpaired) electrons. The van der Waals surface area contributed by atoms with Crippen LogP contribution in [0.25, 0.3) is 0 Å². The van der Waals surface area contributed by atoms with Crippen LogP contribution in [-0.4, -0.2) is 31.2 Å². The molecule has 0 aromatic heterocycles. The second kappa shape index (κ2) is 6.85. The highest BCUT2D eigenvalue weighted by atomic mass is 16.2. The van der Waals surface area contributed by atoms with E-state index in [1.54, 1.807) is 40.1 Å². The summed E-state index contributed by atoms with van der Waals surface area (Å²) < 4.78 is 0. The van der Waals surface area contributed by atoms with Crippen LogP contribution in [0.5, 0.6) is 0 Å². The quantitative estimate of drug-likeness (QED) is 0.758. The molecule has 146 valence electrons. The summed E-state index contributed by atoms with van der Waals surface area (Å²) in [5.74, 6) is -0.642. The monoisotopic (exact) mass is 387 g/mol. The van der Waals surface area contributed by atoms with E-state index < -0.39 is 5.92 Å². The summed E-state index contributed by atoms with van der Waals surface area (Å²) >= 11 is 0. The van der Waals surface area contributed by atoms with Gasteiger partial charge in [0.25, 0.3) is 0 Å². The number of nitriles is 1. The van der Waals surface area contributed by atoms with Gasteiger partial charge in [0.1, 0.15) is 6.29 Å². The van der Waals surface area contributed by atoms with Crippen molar-refractivity contribution in [1.29, 1.82) is 5.26 Å². The Morgan fingerprint density at radius 1 is 1.24 bits per heavy atom. The van der Waals surface area contributed by atoms with E-state index in [2.05, 4.69) is 6.07 Å². The van der Waals surface area contributed by atoms with Crippen LogP contribution < -0.4 is 9.80 Å². The Balaban J connectivity index is 1.59. The van der Waals surface area contributed by atoms with Crippen LogP contribution in [0.4, 0.5) is 11.4 Å². The molecular weight excluding hydrogens is 366 g/mol. The van der Waals surface area contributed by atoms with Crippen LogP contribution in [0.15, 0.2) is 42.5 Å². The van der Waals surface area contributed by atoms with Gasteiger partial charge in [0.15, 0.2) is 0 Å². The van der Waals surface area contributed by atoms with E-state index in [-0.39, 0.29) is 23.7 Å². The lowest BCUT2D eigenvalue weighted by molar-refractivity contribution is -0.124. The normalized spacial score (nSPS) is 19.8. The minimum absolute atomic E-state index is 0.0806. The summed E-state index contributed by atoms with van der Waals surface area (Å²) in [4.78, 5) is 40.4. The first-order chi connectivity index (χ1) is 13.8. The van der Waals surface area contributed by atoms with Gasteiger partial charge in [-0.3, -0.25) is 14.4 Å². The van der Waals surface area contributed by atoms with Crippen LogP contribution in [0.3, 0.4) is 0 Å². The molecule has 0 N–H and O–H groups in total. The molecule has 1 fully saturated rings. The van der Waals surface area contributed by atoms with Gasteiger partial charge in [-0.2, -0.15) is 5.26 Å². The average molecular weight is 387 g/mol. The van der Waals surface area contributed by atoms with Crippen molar-refractivity contribution in [2.24, 2.45) is 5.92 Å². The maximum Gasteiger partial charge on any atom is 0.232 e. The molecule has 1 saturated heterocycles. The van der Waals surface area contributed by atoms with Crippen LogP contribution in [0.1, 0.15) is 41.8 Å². The number of carbonyl (C=O) groups is 3. The molecule has 6 nitrogen and oxygen atoms in total. The number of anilines is 2. The van der Waals surface area contributed by atoms with E-state index in [4.69, 9.17) is 5.26 Å². The van der Waals surface area contributed by atoms with Gasteiger partial charge < -0.3 is 9.80 Å². The SMILES string of the molecule is CC1(C)CN(C(=O)C2CC(=O)N(c3cccc(C#N)c3)C2)c2ccc(C=O)cc21. The van der Waals surface area contributed by atoms with Gasteiger partial charge in [-0.1, -0.05) is 19.9 Å². The number of carbonyl (C=O) groups excluding carboxylic acids is 3. The van der Waals surface area contributed by atoms with E-state index in [1.165, 1.54) is 0 Å². The van der Waals surface area contributed by atoms with Gasteiger partial charge in [0.2, 0.25) is 11.8 Å². The van der Waals surface area contributed by atoms with Crippen molar-refractivity contribution in [2.75, 3.05) is 22.9 Å². The van der Waals surface area contributed by atoms with Crippen molar-refractivity contribution in [3.8, 4) is 6.07 Å². The second-order valence-electron chi connectivity index (χ2n) is 8.27. The lowest BCUT2D eigenvalue weighted by Crippen LogP contribution is -2.39. The average Bonchev–Trinajstić information content (AvgIpc) is 3.24. The van der Waals surface area contributed by atoms with E-state index >= 15 is 0 Å². The zero-order valence-corrected chi connectivity index (χ0v) is 16.4. The molecule has 0 bridgehead atoms. The van der Waals surface area contributed by atoms with E-state index in [1.807, 2.05) is 26.0 Å². The molecule has 2 amide bonds. The fourth-order valence-electron chi connectivity index (χ4n) is 4.25. The zero-order chi connectivity index (χ0) is 20.8. The predicted octanol–water partition coefficient (Wildman–Crippen LogP) is 3.05. The van der Waals surface area contributed by atoms with Gasteiger partial charge in [-0.15, -0.1) is 0 Å². The van der Waals surface area contributed by atoms with Gasteiger partial charge in [0, 0.05) is 41.9 Å². The first-order valence-corrected chi connectivity index (χ1v) is 9.55. The first-order valence-electron chi connectivity index (χ1n) is 9.55. The highest BCUT2D eigenvalue weighted by Crippen LogP contribution is 2.42. The van der Waals surface area contributed by atoms with Crippen LogP contribution in [0, 0.1) is 17.2 Å². The van der Waals surface area contributed by atoms with Gasteiger partial charge in [-0.25, -0.2) is 0 Å². The van der Waals surface area contributed by atoms with Crippen LogP contribution >= 0.6 is 0 Å². The Kier molecular flexibility index (Phi) is 4.46. The molecule has 2 aliphatic rings. The van der Waals surface area contributed by atoms with Crippen molar-refractivity contribution in [3.63, 3.8) is 0 Å². The zero-order valence-electron chi connectivity index (χ0n) is 16.4. The molecule has 6 heteroatoms. The number of hydrogen-bond acceptors (Lipinski definition) is 4. The Hall–Kier alpha value is -3.46. The fourth-order valence-corrected chi connectivity index (χ4v) is 4.25. The van der Waals surface area contributed by atoms with E-state index in [9.17, 15) is 14.4 Å². The predicted molar refractivity (Wildman–Crippen MR) is 109 cm³/mol. The minimum atomic E-state index is -0.444. The lowest BCUT2D eigenvalue weighted by Gasteiger charge is -2.23. The number of amides is 2. The van der Waals surface area contributed by atoms with Crippen molar-refractivity contribution in [2.45, 2.75) is 25.7 Å². The summed E-state index contributed by atoms with van der Waals surface area (Å²) in [6.07, 6.45) is 0.956. The molecule has 2 heterocycles. The number of aldehydes is 1. The number of hydrogen-bond donors (Lipinski definition) is 0. The molecule has 0 spiro atoms. The Morgan fingerprint density at radius 3 is 2.76 bits per heavy atom. The van der Waals surface area contributed by atoms with Crippen molar-refractivity contribution >= 4 is 29.5 Å². The molecule has 2 aliphatic heterocycles. The number of rotatable bonds is 3. The van der Waals surface area contributed by atoms with Crippen molar-refractivity contribution in [3.05, 3.63) is 59.2 Å². The minimum Gasteiger partial charge on any atom is -0.312 e. The Labute approximate surface area is 169 Å². The van der Waals surface area contributed by atoms with Gasteiger partial charge in [0.05, 0.1) is 17.6 Å². The van der Waals surface area contributed by atoms with Gasteiger partial charge in [-0.05, 0) is 42.0 Å². The molecule has 1 atom stereocenters. The van der Waals surface area contributed by atoms with E-state index in [0.717, 1.165) is 17.5 Å². The van der Waals surface area contributed by atoms with Crippen molar-refractivity contribution < 1.29 is 14.4 Å². The maximum absolute atomic E-state index is 13.3. The van der Waals surface area contributed by atoms with Crippen LogP contribution in [0.2, 0.25) is 0 Å². The van der Waals surface area contributed by atoms with Gasteiger partial charge >= 0.3 is 0 Å². The third-order valence-electron chi connectivity index (χ3n) is 5.76. The first kappa shape index (κ1) is 18.9. The molecule has 2 aromatic carbocycles. The molecular formula is C23H21N3O3. The summed E-state index contributed by atoms with van der Waals surface area (Å²) in [6, 6.07) is 14.3. The standard InChI is InChI=1S/C23H21N3O3/c1-23(2)14-26(20-7-6-16(13-27)9-19(20)23)22(29)17-10-21(28)25(12-17)18-5-3-4-15(8-18)11-24/h3-9,13,17H,10,12,14H2,1-2H3. The molecule has 29 heavy (non-hydrogen) atoms. The summed E-state index contributed by atoms with van der Waals surface area (Å²) in [5, 5.41) is 9.10. The Morgan fingerprint density at radius 2 is 2.03 bits per heavy atom. The smallest absolute Gasteiger partial charge is 0.232 e. The van der Waals surface area contributed by atoms with Crippen LogP contribution in [-0.2, 0) is 15.0 Å². The molecule has 2 aromatic rings. The fraction of sp³-hybridized carbons (Fsp3) is 0.304. The highest BCUT2D eigenvalue weighted by Gasteiger charge is 2.43. The highest BCUT2D eigenvalue weighted by molar-refractivity contribution is 6.05. The maximum atomic E-state index is 13.3. The topological polar surface area (TPSA) is 81.5 Å². The molecule has 0 saturated carbocycles. The molecule has 4 rings (SSSR count). The summed E-state index contributed by atoms with van der Waals surface area (Å²) in [5.41, 5.74) is 3.22. The Bertz CT molecular complexity index is 1070. The number of benzene rings is 2.